The van der Waals surface area contributed by atoms with Gasteiger partial charge in [0.25, 0.3) is 0 Å². The molecule has 1 aliphatic rings. The number of rotatable bonds is 1. The molecule has 1 N–H and O–H groups in total. The first-order chi connectivity index (χ1) is 6.47. The van der Waals surface area contributed by atoms with Crippen LogP contribution in [-0.4, -0.2) is 5.11 Å². The van der Waals surface area contributed by atoms with E-state index in [0.29, 0.717) is 0 Å². The third kappa shape index (κ3) is 1.32. The van der Waals surface area contributed by atoms with Gasteiger partial charge in [0.15, 0.2) is 0 Å². The molecule has 1 fully saturated rings. The number of thiophene rings is 1. The van der Waals surface area contributed by atoms with E-state index in [1.54, 1.807) is 0 Å². The molecular formula is C11H15ClOS. The van der Waals surface area contributed by atoms with Crippen LogP contribution >= 0.6 is 22.9 Å². The Morgan fingerprint density at radius 2 is 2.14 bits per heavy atom. The Hall–Kier alpha value is -0.0500. The summed E-state index contributed by atoms with van der Waals surface area (Å²) in [5, 5.41) is 12.6. The lowest BCUT2D eigenvalue weighted by atomic mass is 9.74. The second-order valence-electron chi connectivity index (χ2n) is 4.71. The first kappa shape index (κ1) is 10.5. The molecule has 1 aromatic heterocycles. The summed E-state index contributed by atoms with van der Waals surface area (Å²) < 4.78 is 0.738. The second-order valence-corrected chi connectivity index (χ2v) is 6.22. The van der Waals surface area contributed by atoms with Crippen LogP contribution in [0, 0.1) is 5.41 Å². The molecule has 1 nitrogen and oxygen atoms in total. The van der Waals surface area contributed by atoms with Gasteiger partial charge >= 0.3 is 0 Å². The summed E-state index contributed by atoms with van der Waals surface area (Å²) in [4.78, 5) is 0. The minimum Gasteiger partial charge on any atom is -0.385 e. The highest BCUT2D eigenvalue weighted by atomic mass is 35.5. The maximum absolute atomic E-state index is 10.7. The predicted molar refractivity (Wildman–Crippen MR) is 60.9 cm³/mol. The number of aliphatic hydroxyl groups is 1. The number of hydrogen-bond donors (Lipinski definition) is 1. The minimum atomic E-state index is -0.718. The predicted octanol–water partition coefficient (Wildman–Crippen LogP) is 3.80. The summed E-state index contributed by atoms with van der Waals surface area (Å²) in [7, 11) is 0. The van der Waals surface area contributed by atoms with Gasteiger partial charge in [0.1, 0.15) is 0 Å². The van der Waals surface area contributed by atoms with Gasteiger partial charge in [-0.05, 0) is 36.1 Å². The highest BCUT2D eigenvalue weighted by Crippen LogP contribution is 2.54. The molecule has 1 aliphatic carbocycles. The van der Waals surface area contributed by atoms with Crippen LogP contribution in [0.25, 0.3) is 0 Å². The Labute approximate surface area is 93.7 Å². The first-order valence-corrected chi connectivity index (χ1v) is 6.19. The van der Waals surface area contributed by atoms with Crippen molar-refractivity contribution in [3.05, 3.63) is 21.3 Å². The molecule has 1 aromatic rings. The SMILES string of the molecule is CC1(C)CCCC1(O)c1ccsc1Cl. The van der Waals surface area contributed by atoms with Crippen LogP contribution in [0.1, 0.15) is 38.7 Å². The maximum Gasteiger partial charge on any atom is 0.0989 e. The van der Waals surface area contributed by atoms with Crippen LogP contribution in [0.4, 0.5) is 0 Å². The molecule has 0 amide bonds. The lowest BCUT2D eigenvalue weighted by Gasteiger charge is -2.36. The van der Waals surface area contributed by atoms with Crippen molar-refractivity contribution in [3.63, 3.8) is 0 Å². The highest BCUT2D eigenvalue weighted by molar-refractivity contribution is 7.14. The molecule has 0 saturated heterocycles. The zero-order valence-corrected chi connectivity index (χ0v) is 10.1. The Morgan fingerprint density at radius 1 is 1.43 bits per heavy atom. The van der Waals surface area contributed by atoms with Gasteiger partial charge < -0.3 is 5.11 Å². The van der Waals surface area contributed by atoms with E-state index in [1.807, 2.05) is 11.4 Å². The van der Waals surface area contributed by atoms with Gasteiger partial charge in [0.2, 0.25) is 0 Å². The quantitative estimate of drug-likeness (QED) is 0.778. The zero-order valence-electron chi connectivity index (χ0n) is 8.51. The zero-order chi connectivity index (χ0) is 10.4. The van der Waals surface area contributed by atoms with Crippen molar-refractivity contribution in [1.29, 1.82) is 0 Å². The Kier molecular flexibility index (Phi) is 2.41. The van der Waals surface area contributed by atoms with E-state index in [-0.39, 0.29) is 5.41 Å². The van der Waals surface area contributed by atoms with Gasteiger partial charge in [-0.3, -0.25) is 0 Å². The first-order valence-electron chi connectivity index (χ1n) is 4.93. The Bertz CT molecular complexity index is 345. The van der Waals surface area contributed by atoms with Crippen LogP contribution in [0.15, 0.2) is 11.4 Å². The Morgan fingerprint density at radius 3 is 2.57 bits per heavy atom. The normalized spacial score (nSPS) is 30.9. The molecular weight excluding hydrogens is 216 g/mol. The van der Waals surface area contributed by atoms with Crippen molar-refractivity contribution in [2.24, 2.45) is 5.41 Å². The molecule has 0 aromatic carbocycles. The fourth-order valence-electron chi connectivity index (χ4n) is 2.42. The van der Waals surface area contributed by atoms with E-state index in [0.717, 1.165) is 29.2 Å². The van der Waals surface area contributed by atoms with E-state index >= 15 is 0 Å². The van der Waals surface area contributed by atoms with Crippen LogP contribution < -0.4 is 0 Å². The molecule has 3 heteroatoms. The lowest BCUT2D eigenvalue weighted by Crippen LogP contribution is -2.36. The van der Waals surface area contributed by atoms with Gasteiger partial charge in [-0.15, -0.1) is 11.3 Å². The molecule has 14 heavy (non-hydrogen) atoms. The van der Waals surface area contributed by atoms with Crippen molar-refractivity contribution in [2.45, 2.75) is 38.7 Å². The van der Waals surface area contributed by atoms with Gasteiger partial charge in [-0.25, -0.2) is 0 Å². The van der Waals surface area contributed by atoms with Gasteiger partial charge in [-0.2, -0.15) is 0 Å². The summed E-state index contributed by atoms with van der Waals surface area (Å²) in [6, 6.07) is 1.96. The van der Waals surface area contributed by atoms with Gasteiger partial charge in [-0.1, -0.05) is 25.4 Å². The van der Waals surface area contributed by atoms with Crippen LogP contribution in [0.5, 0.6) is 0 Å². The fourth-order valence-corrected chi connectivity index (χ4v) is 3.48. The number of hydrogen-bond acceptors (Lipinski definition) is 2. The van der Waals surface area contributed by atoms with E-state index in [1.165, 1.54) is 11.3 Å². The Balaban J connectivity index is 2.47. The summed E-state index contributed by atoms with van der Waals surface area (Å²) in [6.45, 7) is 4.24. The average molecular weight is 231 g/mol. The smallest absolute Gasteiger partial charge is 0.0989 e. The van der Waals surface area contributed by atoms with Crippen molar-refractivity contribution in [1.82, 2.24) is 0 Å². The van der Waals surface area contributed by atoms with Gasteiger partial charge in [0, 0.05) is 5.56 Å². The summed E-state index contributed by atoms with van der Waals surface area (Å²) in [6.07, 6.45) is 2.97. The average Bonchev–Trinajstić information content (AvgIpc) is 2.59. The number of halogens is 1. The third-order valence-corrected chi connectivity index (χ3v) is 4.69. The lowest BCUT2D eigenvalue weighted by molar-refractivity contribution is -0.0480. The maximum atomic E-state index is 10.7. The standard InChI is InChI=1S/C11H15ClOS/c1-10(2)5-3-6-11(10,13)8-4-7-14-9(8)12/h4,7,13H,3,5-6H2,1-2H3. The largest absolute Gasteiger partial charge is 0.385 e. The fraction of sp³-hybridized carbons (Fsp3) is 0.636. The molecule has 1 unspecified atom stereocenters. The van der Waals surface area contributed by atoms with Crippen LogP contribution in [0.3, 0.4) is 0 Å². The highest BCUT2D eigenvalue weighted by Gasteiger charge is 2.49. The third-order valence-electron chi connectivity index (χ3n) is 3.52. The molecule has 0 aliphatic heterocycles. The summed E-state index contributed by atoms with van der Waals surface area (Å²) in [5.41, 5.74) is 0.147. The van der Waals surface area contributed by atoms with Crippen LogP contribution in [0.2, 0.25) is 4.34 Å². The van der Waals surface area contributed by atoms with Crippen LogP contribution in [-0.2, 0) is 5.60 Å². The summed E-state index contributed by atoms with van der Waals surface area (Å²) in [5.74, 6) is 0. The molecule has 1 heterocycles. The molecule has 0 bridgehead atoms. The van der Waals surface area contributed by atoms with E-state index in [4.69, 9.17) is 11.6 Å². The van der Waals surface area contributed by atoms with E-state index in [2.05, 4.69) is 13.8 Å². The molecule has 2 rings (SSSR count). The van der Waals surface area contributed by atoms with Crippen molar-refractivity contribution in [2.75, 3.05) is 0 Å². The topological polar surface area (TPSA) is 20.2 Å². The monoisotopic (exact) mass is 230 g/mol. The second kappa shape index (κ2) is 3.22. The van der Waals surface area contributed by atoms with E-state index < -0.39 is 5.60 Å². The molecule has 0 radical (unpaired) electrons. The summed E-state index contributed by atoms with van der Waals surface area (Å²) >= 11 is 7.59. The molecule has 1 atom stereocenters. The molecule has 78 valence electrons. The van der Waals surface area contributed by atoms with Gasteiger partial charge in [0.05, 0.1) is 9.94 Å². The molecule has 1 saturated carbocycles. The van der Waals surface area contributed by atoms with Crippen molar-refractivity contribution >= 4 is 22.9 Å². The van der Waals surface area contributed by atoms with E-state index in [9.17, 15) is 5.11 Å². The minimum absolute atomic E-state index is 0.0578. The van der Waals surface area contributed by atoms with Crippen molar-refractivity contribution < 1.29 is 5.11 Å². The molecule has 0 spiro atoms. The van der Waals surface area contributed by atoms with Crippen molar-refractivity contribution in [3.8, 4) is 0 Å².